The first-order valence-electron chi connectivity index (χ1n) is 22.1. The molecule has 414 valence electrons. The molecule has 69 heavy (non-hydrogen) atoms. The monoisotopic (exact) mass is 1060 g/mol. The van der Waals surface area contributed by atoms with Crippen LogP contribution in [0.3, 0.4) is 0 Å². The lowest BCUT2D eigenvalue weighted by atomic mass is 9.65. The van der Waals surface area contributed by atoms with Gasteiger partial charge in [0.15, 0.2) is 22.4 Å². The summed E-state index contributed by atoms with van der Waals surface area (Å²) in [7, 11) is 0. The Labute approximate surface area is 387 Å². The molecule has 0 amide bonds. The van der Waals surface area contributed by atoms with Crippen molar-refractivity contribution in [3.05, 3.63) is 0 Å². The molecule has 0 spiro atoms. The predicted octanol–water partition coefficient (Wildman–Crippen LogP) is 13.4. The minimum absolute atomic E-state index is 0.0308. The van der Waals surface area contributed by atoms with Gasteiger partial charge in [-0.1, -0.05) is 54.4 Å². The molecule has 3 aliphatic carbocycles. The fourth-order valence-electron chi connectivity index (χ4n) is 9.06. The van der Waals surface area contributed by atoms with Gasteiger partial charge in [0.2, 0.25) is 0 Å². The van der Waals surface area contributed by atoms with Crippen molar-refractivity contribution in [2.24, 2.45) is 52.3 Å². The van der Waals surface area contributed by atoms with E-state index in [0.29, 0.717) is 39.5 Å². The number of hydrogen-bond donors (Lipinski definition) is 5. The van der Waals surface area contributed by atoms with Crippen LogP contribution in [0.15, 0.2) is 0 Å². The van der Waals surface area contributed by atoms with E-state index in [2.05, 4.69) is 4.74 Å². The van der Waals surface area contributed by atoms with Gasteiger partial charge in [-0.3, -0.25) is 0 Å². The first-order chi connectivity index (χ1) is 30.0. The van der Waals surface area contributed by atoms with Crippen LogP contribution in [0.4, 0.5) is 87.8 Å². The highest BCUT2D eigenvalue weighted by Crippen LogP contribution is 2.57. The van der Waals surface area contributed by atoms with Crippen molar-refractivity contribution in [2.45, 2.75) is 211 Å². The van der Waals surface area contributed by atoms with Crippen LogP contribution in [0.5, 0.6) is 0 Å². The first kappa shape index (κ1) is 65.4. The SMILES string of the molecule is CC(C)(C1CCC(C(C)(O)C(F)(F)F)CC1)C(F)(F)F.CC1(C)COC(O)(C(F)(F)F)C1(F)F.CC1CC(C(C)(O)C(F)(F)F)CC(C(C)(O)C(F)(F)F)C1.CC1CCC(C(C)(O)C(F)(F)F)CC1. The van der Waals surface area contributed by atoms with Crippen molar-refractivity contribution in [2.75, 3.05) is 6.61 Å². The van der Waals surface area contributed by atoms with Crippen LogP contribution >= 0.6 is 0 Å². The fourth-order valence-corrected chi connectivity index (χ4v) is 9.06. The van der Waals surface area contributed by atoms with E-state index in [1.54, 1.807) is 0 Å². The summed E-state index contributed by atoms with van der Waals surface area (Å²) < 4.78 is 258. The number of rotatable bonds is 5. The Morgan fingerprint density at radius 2 is 0.681 bits per heavy atom. The van der Waals surface area contributed by atoms with Gasteiger partial charge in [-0.15, -0.1) is 0 Å². The molecule has 1 aliphatic heterocycles. The van der Waals surface area contributed by atoms with Gasteiger partial charge >= 0.3 is 48.8 Å². The molecule has 0 bridgehead atoms. The van der Waals surface area contributed by atoms with Gasteiger partial charge in [0.05, 0.1) is 17.4 Å². The Bertz CT molecular complexity index is 1540. The summed E-state index contributed by atoms with van der Waals surface area (Å²) in [6, 6.07) is 0. The van der Waals surface area contributed by atoms with Gasteiger partial charge in [0.25, 0.3) is 0 Å². The van der Waals surface area contributed by atoms with Crippen LogP contribution < -0.4 is 0 Å². The highest BCUT2D eigenvalue weighted by atomic mass is 19.4. The Balaban J connectivity index is 0.000000467. The molecule has 0 radical (unpaired) electrons. The largest absolute Gasteiger partial charge is 0.449 e. The molecule has 26 heteroatoms. The van der Waals surface area contributed by atoms with Gasteiger partial charge < -0.3 is 30.3 Å². The summed E-state index contributed by atoms with van der Waals surface area (Å²) >= 11 is 0. The van der Waals surface area contributed by atoms with E-state index in [9.17, 15) is 108 Å². The minimum Gasteiger partial charge on any atom is -0.380 e. The quantitative estimate of drug-likeness (QED) is 0.176. The zero-order valence-electron chi connectivity index (χ0n) is 39.7. The number of ether oxygens (including phenoxy) is 1. The molecule has 1 saturated heterocycles. The molecule has 0 aromatic heterocycles. The molecular weight excluding hydrogens is 992 g/mol. The highest BCUT2D eigenvalue weighted by molar-refractivity contribution is 5.06. The summed E-state index contributed by atoms with van der Waals surface area (Å²) in [5.41, 5.74) is -15.4. The molecule has 4 aliphatic rings. The summed E-state index contributed by atoms with van der Waals surface area (Å²) in [5.74, 6) is -13.8. The second-order valence-corrected chi connectivity index (χ2v) is 21.4. The lowest BCUT2D eigenvalue weighted by Gasteiger charge is -2.46. The number of halogens is 20. The topological polar surface area (TPSA) is 110 Å². The maximum atomic E-state index is 13.2. The lowest BCUT2D eigenvalue weighted by Crippen LogP contribution is -2.59. The fraction of sp³-hybridized carbons (Fsp3) is 1.00. The maximum absolute atomic E-state index is 13.2. The minimum atomic E-state index is -5.51. The van der Waals surface area contributed by atoms with Crippen LogP contribution in [0, 0.1) is 52.3 Å². The molecule has 4 fully saturated rings. The predicted molar refractivity (Wildman–Crippen MR) is 209 cm³/mol. The van der Waals surface area contributed by atoms with Gasteiger partial charge in [0.1, 0.15) is 0 Å². The smallest absolute Gasteiger partial charge is 0.380 e. The van der Waals surface area contributed by atoms with Crippen molar-refractivity contribution in [3.8, 4) is 0 Å². The van der Waals surface area contributed by atoms with Crippen molar-refractivity contribution >= 4 is 0 Å². The first-order valence-corrected chi connectivity index (χ1v) is 22.1. The van der Waals surface area contributed by atoms with E-state index in [1.807, 2.05) is 6.92 Å². The molecule has 1 heterocycles. The number of aliphatic hydroxyl groups is 5. The van der Waals surface area contributed by atoms with Gasteiger partial charge in [-0.2, -0.15) is 87.8 Å². The summed E-state index contributed by atoms with van der Waals surface area (Å²) in [6.45, 7) is 9.44. The van der Waals surface area contributed by atoms with Crippen molar-refractivity contribution < 1.29 is 118 Å². The summed E-state index contributed by atoms with van der Waals surface area (Å²) in [6.07, 6.45) is -27.1. The Hall–Kier alpha value is -1.64. The summed E-state index contributed by atoms with van der Waals surface area (Å²) in [4.78, 5) is 0. The van der Waals surface area contributed by atoms with Crippen molar-refractivity contribution in [3.63, 3.8) is 0 Å². The molecule has 5 N–H and O–H groups in total. The highest BCUT2D eigenvalue weighted by Gasteiger charge is 2.79. The second kappa shape index (κ2) is 20.9. The van der Waals surface area contributed by atoms with Gasteiger partial charge in [-0.25, -0.2) is 0 Å². The summed E-state index contributed by atoms with van der Waals surface area (Å²) in [5, 5.41) is 47.2. The third kappa shape index (κ3) is 14.2. The van der Waals surface area contributed by atoms with Crippen LogP contribution in [0.25, 0.3) is 0 Å². The number of alkyl halides is 20. The zero-order valence-corrected chi connectivity index (χ0v) is 39.7. The molecule has 6 nitrogen and oxygen atoms in total. The normalized spacial score (nSPS) is 33.0. The molecule has 0 aromatic carbocycles. The van der Waals surface area contributed by atoms with E-state index in [4.69, 9.17) is 5.11 Å². The average Bonchev–Trinajstić information content (AvgIpc) is 3.32. The van der Waals surface area contributed by atoms with Crippen LogP contribution in [-0.2, 0) is 4.74 Å². The number of hydrogen-bond acceptors (Lipinski definition) is 6. The molecule has 4 rings (SSSR count). The maximum Gasteiger partial charge on any atom is 0.449 e. The van der Waals surface area contributed by atoms with Crippen LogP contribution in [0.1, 0.15) is 140 Å². The van der Waals surface area contributed by atoms with Gasteiger partial charge in [0, 0.05) is 0 Å². The average molecular weight is 1060 g/mol. The Kier molecular flexibility index (Phi) is 19.8. The molecule has 7 atom stereocenters. The third-order valence-corrected chi connectivity index (χ3v) is 15.2. The zero-order chi connectivity index (χ0) is 55.2. The van der Waals surface area contributed by atoms with Crippen LogP contribution in [0.2, 0.25) is 0 Å². The molecule has 0 aromatic rings. The van der Waals surface area contributed by atoms with E-state index in [1.165, 1.54) is 6.92 Å². The van der Waals surface area contributed by atoms with Gasteiger partial charge in [-0.05, 0) is 127 Å². The van der Waals surface area contributed by atoms with E-state index < -0.39 is 131 Å². The van der Waals surface area contributed by atoms with E-state index >= 15 is 0 Å². The second-order valence-electron chi connectivity index (χ2n) is 21.4. The van der Waals surface area contributed by atoms with Crippen molar-refractivity contribution in [1.82, 2.24) is 0 Å². The molecule has 7 unspecified atom stereocenters. The van der Waals surface area contributed by atoms with E-state index in [0.717, 1.165) is 47.5 Å². The van der Waals surface area contributed by atoms with Crippen molar-refractivity contribution in [1.29, 1.82) is 0 Å². The Morgan fingerprint density at radius 3 is 0.913 bits per heavy atom. The van der Waals surface area contributed by atoms with Crippen LogP contribution in [-0.4, -0.2) is 103 Å². The third-order valence-electron chi connectivity index (χ3n) is 15.2. The molecule has 3 saturated carbocycles. The van der Waals surface area contributed by atoms with E-state index in [-0.39, 0.29) is 38.5 Å². The Morgan fingerprint density at radius 1 is 0.406 bits per heavy atom. The molecular formula is C43H66F20O6. The lowest BCUT2D eigenvalue weighted by molar-refractivity contribution is -0.407. The standard InChI is InChI=1S/C13H20F6O2.C13H20F6O.C10H17F3O.C7H9F5O2/c1-7-4-8(10(2,20)12(14,15)16)6-9(5-7)11(3,21)13(17,18)19;1-10(2,12(14,15)16)8-4-6-9(7-5-8)11(3,20)13(17,18)19;1-7-3-5-8(6-4-7)9(2,14)10(11,12)13;1-4(2)3-14-6(13,5(4,8)9)7(10,11)12/h7-9,20-21H,4-6H2,1-3H3;8-9,20H,4-7H2,1-3H3;7-8,14H,3-6H2,1-2H3;13H,3H2,1-2H3.